The van der Waals surface area contributed by atoms with Crippen LogP contribution in [0.25, 0.3) is 0 Å². The van der Waals surface area contributed by atoms with Crippen molar-refractivity contribution < 1.29 is 9.47 Å². The number of aliphatic imine (C=N–C) groups is 1. The molecule has 0 amide bonds. The van der Waals surface area contributed by atoms with Gasteiger partial charge in [-0.3, -0.25) is 4.99 Å². The van der Waals surface area contributed by atoms with Crippen molar-refractivity contribution in [3.05, 3.63) is 0 Å². The smallest absolute Gasteiger partial charge is 0.0963 e. The molecular weight excluding hydrogens is 204 g/mol. The zero-order valence-corrected chi connectivity index (χ0v) is 10.3. The van der Waals surface area contributed by atoms with Gasteiger partial charge in [0.2, 0.25) is 0 Å². The SMILES string of the molecule is COCCOCCCNC1=NCCCCC1. The fraction of sp³-hybridized carbons (Fsp3) is 0.917. The molecule has 1 aliphatic rings. The van der Waals surface area contributed by atoms with Crippen molar-refractivity contribution in [3.8, 4) is 0 Å². The highest BCUT2D eigenvalue weighted by Gasteiger charge is 2.02. The Balaban J connectivity index is 1.91. The van der Waals surface area contributed by atoms with Crippen LogP contribution in [0.4, 0.5) is 0 Å². The number of rotatable bonds is 7. The van der Waals surface area contributed by atoms with E-state index in [9.17, 15) is 0 Å². The molecule has 0 radical (unpaired) electrons. The minimum Gasteiger partial charge on any atom is -0.382 e. The molecular formula is C12H24N2O2. The van der Waals surface area contributed by atoms with E-state index in [0.717, 1.165) is 32.5 Å². The lowest BCUT2D eigenvalue weighted by molar-refractivity contribution is 0.0698. The third kappa shape index (κ3) is 6.80. The van der Waals surface area contributed by atoms with Crippen molar-refractivity contribution in [1.29, 1.82) is 0 Å². The highest BCUT2D eigenvalue weighted by molar-refractivity contribution is 5.82. The van der Waals surface area contributed by atoms with E-state index in [2.05, 4.69) is 10.3 Å². The van der Waals surface area contributed by atoms with Gasteiger partial charge in [0.05, 0.1) is 19.0 Å². The van der Waals surface area contributed by atoms with Crippen molar-refractivity contribution in [3.63, 3.8) is 0 Å². The van der Waals surface area contributed by atoms with Gasteiger partial charge in [0, 0.05) is 33.2 Å². The molecule has 0 fully saturated rings. The minimum atomic E-state index is 0.681. The van der Waals surface area contributed by atoms with Crippen LogP contribution in [0.5, 0.6) is 0 Å². The molecule has 16 heavy (non-hydrogen) atoms. The van der Waals surface area contributed by atoms with Crippen LogP contribution in [0, 0.1) is 0 Å². The van der Waals surface area contributed by atoms with Gasteiger partial charge in [-0.05, 0) is 19.3 Å². The van der Waals surface area contributed by atoms with Crippen LogP contribution in [0.2, 0.25) is 0 Å². The Kier molecular flexibility index (Phi) is 8.08. The molecule has 1 heterocycles. The Labute approximate surface area is 98.4 Å². The van der Waals surface area contributed by atoms with Crippen LogP contribution in [-0.2, 0) is 9.47 Å². The van der Waals surface area contributed by atoms with E-state index in [4.69, 9.17) is 9.47 Å². The first-order chi connectivity index (χ1) is 7.93. The largest absolute Gasteiger partial charge is 0.382 e. The summed E-state index contributed by atoms with van der Waals surface area (Å²) in [6.45, 7) is 4.12. The lowest BCUT2D eigenvalue weighted by Crippen LogP contribution is -2.25. The Hall–Kier alpha value is -0.610. The van der Waals surface area contributed by atoms with E-state index < -0.39 is 0 Å². The van der Waals surface area contributed by atoms with Gasteiger partial charge in [-0.2, -0.15) is 0 Å². The van der Waals surface area contributed by atoms with Crippen LogP contribution >= 0.6 is 0 Å². The highest BCUT2D eigenvalue weighted by Crippen LogP contribution is 2.05. The molecule has 0 aromatic rings. The zero-order valence-electron chi connectivity index (χ0n) is 10.3. The Morgan fingerprint density at radius 2 is 2.12 bits per heavy atom. The second kappa shape index (κ2) is 9.60. The summed E-state index contributed by atoms with van der Waals surface area (Å²) in [5.74, 6) is 1.19. The fourth-order valence-electron chi connectivity index (χ4n) is 1.67. The van der Waals surface area contributed by atoms with E-state index in [1.165, 1.54) is 25.1 Å². The molecule has 1 N–H and O–H groups in total. The molecule has 1 aliphatic heterocycles. The van der Waals surface area contributed by atoms with Gasteiger partial charge in [-0.15, -0.1) is 0 Å². The molecule has 0 aromatic heterocycles. The number of nitrogens with one attached hydrogen (secondary N) is 1. The predicted octanol–water partition coefficient (Wildman–Crippen LogP) is 1.60. The molecule has 0 spiro atoms. The maximum Gasteiger partial charge on any atom is 0.0963 e. The summed E-state index contributed by atoms with van der Waals surface area (Å²) in [5, 5.41) is 3.39. The van der Waals surface area contributed by atoms with Gasteiger partial charge in [-0.1, -0.05) is 6.42 Å². The van der Waals surface area contributed by atoms with Crippen LogP contribution in [0.1, 0.15) is 32.1 Å². The number of methoxy groups -OCH3 is 1. The van der Waals surface area contributed by atoms with E-state index >= 15 is 0 Å². The monoisotopic (exact) mass is 228 g/mol. The van der Waals surface area contributed by atoms with Crippen molar-refractivity contribution in [2.45, 2.75) is 32.1 Å². The topological polar surface area (TPSA) is 42.9 Å². The number of hydrogen-bond donors (Lipinski definition) is 1. The maximum absolute atomic E-state index is 5.38. The van der Waals surface area contributed by atoms with Crippen LogP contribution < -0.4 is 5.32 Å². The molecule has 0 saturated carbocycles. The summed E-state index contributed by atoms with van der Waals surface area (Å²) in [6.07, 6.45) is 5.98. The summed E-state index contributed by atoms with van der Waals surface area (Å²) in [7, 11) is 1.69. The van der Waals surface area contributed by atoms with E-state index in [0.29, 0.717) is 13.2 Å². The van der Waals surface area contributed by atoms with Crippen LogP contribution in [-0.4, -0.2) is 45.9 Å². The number of ether oxygens (including phenoxy) is 2. The van der Waals surface area contributed by atoms with Crippen molar-refractivity contribution in [1.82, 2.24) is 5.32 Å². The van der Waals surface area contributed by atoms with Gasteiger partial charge >= 0.3 is 0 Å². The first-order valence-corrected chi connectivity index (χ1v) is 6.27. The fourth-order valence-corrected chi connectivity index (χ4v) is 1.67. The number of hydrogen-bond acceptors (Lipinski definition) is 4. The second-order valence-corrected chi connectivity index (χ2v) is 4.02. The molecule has 0 aromatic carbocycles. The second-order valence-electron chi connectivity index (χ2n) is 4.02. The summed E-state index contributed by atoms with van der Waals surface area (Å²) in [4.78, 5) is 4.52. The van der Waals surface area contributed by atoms with E-state index in [-0.39, 0.29) is 0 Å². The summed E-state index contributed by atoms with van der Waals surface area (Å²) < 4.78 is 10.3. The van der Waals surface area contributed by atoms with Gasteiger partial charge in [-0.25, -0.2) is 0 Å². The van der Waals surface area contributed by atoms with E-state index in [1.807, 2.05) is 0 Å². The van der Waals surface area contributed by atoms with Gasteiger partial charge in [0.1, 0.15) is 0 Å². The molecule has 94 valence electrons. The average molecular weight is 228 g/mol. The lowest BCUT2D eigenvalue weighted by Gasteiger charge is -2.08. The standard InChI is InChI=1S/C12H24N2O2/c1-15-10-11-16-9-5-8-14-12-6-3-2-4-7-13-12/h2-11H2,1H3,(H,13,14). The Bertz CT molecular complexity index is 195. The summed E-state index contributed by atoms with van der Waals surface area (Å²) in [5.41, 5.74) is 0. The Morgan fingerprint density at radius 1 is 1.19 bits per heavy atom. The third-order valence-electron chi connectivity index (χ3n) is 2.60. The van der Waals surface area contributed by atoms with Crippen LogP contribution in [0.15, 0.2) is 4.99 Å². The first-order valence-electron chi connectivity index (χ1n) is 6.27. The molecule has 4 nitrogen and oxygen atoms in total. The molecule has 0 unspecified atom stereocenters. The first kappa shape index (κ1) is 13.5. The quantitative estimate of drug-likeness (QED) is 0.673. The zero-order chi connectivity index (χ0) is 11.5. The molecule has 0 aliphatic carbocycles. The summed E-state index contributed by atoms with van der Waals surface area (Å²) >= 11 is 0. The van der Waals surface area contributed by atoms with Crippen molar-refractivity contribution >= 4 is 5.84 Å². The lowest BCUT2D eigenvalue weighted by atomic mass is 10.2. The molecule has 0 bridgehead atoms. The van der Waals surface area contributed by atoms with Crippen LogP contribution in [0.3, 0.4) is 0 Å². The van der Waals surface area contributed by atoms with E-state index in [1.54, 1.807) is 7.11 Å². The third-order valence-corrected chi connectivity index (χ3v) is 2.60. The minimum absolute atomic E-state index is 0.681. The number of amidine groups is 1. The summed E-state index contributed by atoms with van der Waals surface area (Å²) in [6, 6.07) is 0. The van der Waals surface area contributed by atoms with Gasteiger partial charge in [0.15, 0.2) is 0 Å². The molecule has 0 saturated heterocycles. The molecule has 4 heteroatoms. The highest BCUT2D eigenvalue weighted by atomic mass is 16.5. The van der Waals surface area contributed by atoms with Gasteiger partial charge in [0.25, 0.3) is 0 Å². The normalized spacial score (nSPS) is 16.7. The maximum atomic E-state index is 5.38. The Morgan fingerprint density at radius 3 is 3.00 bits per heavy atom. The van der Waals surface area contributed by atoms with Gasteiger partial charge < -0.3 is 14.8 Å². The number of nitrogens with zero attached hydrogens (tertiary/aromatic N) is 1. The molecule has 1 rings (SSSR count). The van der Waals surface area contributed by atoms with Crippen molar-refractivity contribution in [2.75, 3.05) is 40.0 Å². The molecule has 0 atom stereocenters. The van der Waals surface area contributed by atoms with Crippen molar-refractivity contribution in [2.24, 2.45) is 4.99 Å². The average Bonchev–Trinajstić information content (AvgIpc) is 2.56. The predicted molar refractivity (Wildman–Crippen MR) is 66.1 cm³/mol.